The Balaban J connectivity index is 2.39. The molecule has 0 fully saturated rings. The first-order valence-corrected chi connectivity index (χ1v) is 6.63. The van der Waals surface area contributed by atoms with Gasteiger partial charge in [0.25, 0.3) is 11.4 Å². The fourth-order valence-corrected chi connectivity index (χ4v) is 2.16. The maximum atomic E-state index is 11.0. The third-order valence-corrected chi connectivity index (χ3v) is 3.22. The lowest BCUT2D eigenvalue weighted by molar-refractivity contribution is -0.394. The van der Waals surface area contributed by atoms with Crippen molar-refractivity contribution >= 4 is 39.5 Å². The predicted molar refractivity (Wildman–Crippen MR) is 82.8 cm³/mol. The fourth-order valence-electron chi connectivity index (χ4n) is 1.74. The molecule has 21 heavy (non-hydrogen) atoms. The second kappa shape index (κ2) is 6.27. The van der Waals surface area contributed by atoms with Gasteiger partial charge < -0.3 is 0 Å². The normalized spacial score (nSPS) is 10.7. The summed E-state index contributed by atoms with van der Waals surface area (Å²) in [6.07, 6.45) is 3.27. The van der Waals surface area contributed by atoms with Gasteiger partial charge in [0.15, 0.2) is 0 Å². The molecular formula is C14H9BrN2O4. The molecule has 0 heterocycles. The average molecular weight is 349 g/mol. The molecule has 0 amide bonds. The van der Waals surface area contributed by atoms with E-state index in [1.165, 1.54) is 12.1 Å². The maximum absolute atomic E-state index is 11.0. The highest BCUT2D eigenvalue weighted by atomic mass is 79.9. The molecule has 0 aromatic heterocycles. The summed E-state index contributed by atoms with van der Waals surface area (Å²) in [4.78, 5) is 20.4. The number of non-ortho nitro benzene ring substituents is 1. The molecule has 6 nitrogen and oxygen atoms in total. The minimum atomic E-state index is -0.658. The van der Waals surface area contributed by atoms with Crippen molar-refractivity contribution in [2.24, 2.45) is 0 Å². The van der Waals surface area contributed by atoms with E-state index in [0.29, 0.717) is 5.56 Å². The summed E-state index contributed by atoms with van der Waals surface area (Å²) in [6, 6.07) is 11.0. The van der Waals surface area contributed by atoms with E-state index in [0.717, 1.165) is 16.1 Å². The van der Waals surface area contributed by atoms with Gasteiger partial charge in [0.1, 0.15) is 0 Å². The van der Waals surface area contributed by atoms with Crippen molar-refractivity contribution in [3.05, 3.63) is 78.3 Å². The van der Waals surface area contributed by atoms with Gasteiger partial charge in [-0.2, -0.15) is 0 Å². The van der Waals surface area contributed by atoms with E-state index in [1.807, 2.05) is 24.3 Å². The van der Waals surface area contributed by atoms with Crippen LogP contribution in [0.4, 0.5) is 11.4 Å². The zero-order valence-electron chi connectivity index (χ0n) is 10.6. The van der Waals surface area contributed by atoms with Crippen molar-refractivity contribution < 1.29 is 9.85 Å². The van der Waals surface area contributed by atoms with Gasteiger partial charge in [-0.05, 0) is 29.8 Å². The number of hydrogen-bond acceptors (Lipinski definition) is 4. The van der Waals surface area contributed by atoms with Crippen LogP contribution in [0.3, 0.4) is 0 Å². The molecule has 0 spiro atoms. The number of nitrogens with zero attached hydrogens (tertiary/aromatic N) is 2. The van der Waals surface area contributed by atoms with E-state index < -0.39 is 9.85 Å². The predicted octanol–water partition coefficient (Wildman–Crippen LogP) is 4.44. The Hall–Kier alpha value is -2.54. The Morgan fingerprint density at radius 3 is 2.33 bits per heavy atom. The van der Waals surface area contributed by atoms with Crippen LogP contribution in [-0.2, 0) is 0 Å². The average Bonchev–Trinajstić information content (AvgIpc) is 2.44. The molecule has 0 bridgehead atoms. The molecular weight excluding hydrogens is 340 g/mol. The second-order valence-electron chi connectivity index (χ2n) is 4.15. The van der Waals surface area contributed by atoms with E-state index in [4.69, 9.17) is 0 Å². The Bertz CT molecular complexity index is 744. The highest BCUT2D eigenvalue weighted by molar-refractivity contribution is 9.10. The SMILES string of the molecule is O=[N+]([O-])c1ccc(C=Cc2cccc(Br)c2)c([N+](=O)[O-])c1. The van der Waals surface area contributed by atoms with E-state index in [-0.39, 0.29) is 11.4 Å². The fraction of sp³-hybridized carbons (Fsp3) is 0. The standard InChI is InChI=1S/C14H9BrN2O4/c15-12-3-1-2-10(8-12)4-5-11-6-7-13(16(18)19)9-14(11)17(20)21/h1-9H. The van der Waals surface area contributed by atoms with Gasteiger partial charge in [0, 0.05) is 10.5 Å². The lowest BCUT2D eigenvalue weighted by atomic mass is 10.1. The minimum absolute atomic E-state index is 0.296. The van der Waals surface area contributed by atoms with E-state index >= 15 is 0 Å². The molecule has 2 aromatic carbocycles. The van der Waals surface area contributed by atoms with Crippen molar-refractivity contribution in [1.82, 2.24) is 0 Å². The first kappa shape index (κ1) is 14.9. The third-order valence-electron chi connectivity index (χ3n) is 2.73. The minimum Gasteiger partial charge on any atom is -0.258 e. The second-order valence-corrected chi connectivity index (χ2v) is 5.06. The first-order chi connectivity index (χ1) is 9.97. The van der Waals surface area contributed by atoms with Gasteiger partial charge in [-0.3, -0.25) is 20.2 Å². The number of nitro groups is 2. The number of benzene rings is 2. The third kappa shape index (κ3) is 3.73. The lowest BCUT2D eigenvalue weighted by Gasteiger charge is -1.99. The van der Waals surface area contributed by atoms with Gasteiger partial charge in [0.2, 0.25) is 0 Å². The van der Waals surface area contributed by atoms with Crippen LogP contribution in [0.25, 0.3) is 12.2 Å². The molecule has 0 radical (unpaired) electrons. The van der Waals surface area contributed by atoms with Crippen LogP contribution in [0.5, 0.6) is 0 Å². The summed E-state index contributed by atoms with van der Waals surface area (Å²) < 4.78 is 0.892. The van der Waals surface area contributed by atoms with Gasteiger partial charge in [-0.15, -0.1) is 0 Å². The molecule has 2 rings (SSSR count). The van der Waals surface area contributed by atoms with Crippen LogP contribution in [0.15, 0.2) is 46.9 Å². The monoisotopic (exact) mass is 348 g/mol. The Labute approximate surface area is 128 Å². The molecule has 0 saturated carbocycles. The van der Waals surface area contributed by atoms with Gasteiger partial charge in [-0.1, -0.05) is 34.1 Å². The number of halogens is 1. The largest absolute Gasteiger partial charge is 0.283 e. The van der Waals surface area contributed by atoms with E-state index in [2.05, 4.69) is 15.9 Å². The topological polar surface area (TPSA) is 86.3 Å². The molecule has 0 aliphatic carbocycles. The van der Waals surface area contributed by atoms with Crippen molar-refractivity contribution in [3.63, 3.8) is 0 Å². The van der Waals surface area contributed by atoms with Crippen molar-refractivity contribution in [1.29, 1.82) is 0 Å². The zero-order chi connectivity index (χ0) is 15.4. The smallest absolute Gasteiger partial charge is 0.258 e. The molecule has 0 saturated heterocycles. The highest BCUT2D eigenvalue weighted by Gasteiger charge is 2.17. The van der Waals surface area contributed by atoms with Gasteiger partial charge in [-0.25, -0.2) is 0 Å². The Morgan fingerprint density at radius 2 is 1.71 bits per heavy atom. The summed E-state index contributed by atoms with van der Waals surface area (Å²) >= 11 is 3.33. The quantitative estimate of drug-likeness (QED) is 0.464. The summed E-state index contributed by atoms with van der Waals surface area (Å²) in [5.74, 6) is 0. The molecule has 2 aromatic rings. The Kier molecular flexibility index (Phi) is 4.44. The molecule has 0 aliphatic heterocycles. The summed E-state index contributed by atoms with van der Waals surface area (Å²) in [5.41, 5.74) is 0.569. The zero-order valence-corrected chi connectivity index (χ0v) is 12.2. The van der Waals surface area contributed by atoms with Crippen molar-refractivity contribution in [2.45, 2.75) is 0 Å². The number of hydrogen-bond donors (Lipinski definition) is 0. The van der Waals surface area contributed by atoms with Crippen LogP contribution in [0.2, 0.25) is 0 Å². The van der Waals surface area contributed by atoms with Crippen molar-refractivity contribution in [3.8, 4) is 0 Å². The first-order valence-electron chi connectivity index (χ1n) is 5.84. The molecule has 106 valence electrons. The number of rotatable bonds is 4. The maximum Gasteiger partial charge on any atom is 0.283 e. The number of nitro benzene ring substituents is 2. The summed E-state index contributed by atoms with van der Waals surface area (Å²) in [7, 11) is 0. The lowest BCUT2D eigenvalue weighted by Crippen LogP contribution is -1.94. The molecule has 0 N–H and O–H groups in total. The highest BCUT2D eigenvalue weighted by Crippen LogP contribution is 2.26. The molecule has 0 atom stereocenters. The Morgan fingerprint density at radius 1 is 0.952 bits per heavy atom. The van der Waals surface area contributed by atoms with Crippen molar-refractivity contribution in [2.75, 3.05) is 0 Å². The van der Waals surface area contributed by atoms with Crippen LogP contribution in [0, 0.1) is 20.2 Å². The summed E-state index contributed by atoms with van der Waals surface area (Å²) in [5, 5.41) is 21.7. The van der Waals surface area contributed by atoms with Crippen LogP contribution in [-0.4, -0.2) is 9.85 Å². The molecule has 0 unspecified atom stereocenters. The molecule has 7 heteroatoms. The van der Waals surface area contributed by atoms with Crippen LogP contribution in [0.1, 0.15) is 11.1 Å². The summed E-state index contributed by atoms with van der Waals surface area (Å²) in [6.45, 7) is 0. The molecule has 0 aliphatic rings. The van der Waals surface area contributed by atoms with Crippen LogP contribution < -0.4 is 0 Å². The van der Waals surface area contributed by atoms with E-state index in [1.54, 1.807) is 12.2 Å². The van der Waals surface area contributed by atoms with E-state index in [9.17, 15) is 20.2 Å². The van der Waals surface area contributed by atoms with Gasteiger partial charge in [0.05, 0.1) is 21.5 Å². The van der Waals surface area contributed by atoms with Gasteiger partial charge >= 0.3 is 0 Å². The van der Waals surface area contributed by atoms with Crippen LogP contribution >= 0.6 is 15.9 Å².